The van der Waals surface area contributed by atoms with Crippen molar-refractivity contribution in [2.24, 2.45) is 0 Å². The van der Waals surface area contributed by atoms with Crippen LogP contribution >= 0.6 is 11.8 Å². The Morgan fingerprint density at radius 1 is 0.923 bits per heavy atom. The summed E-state index contributed by atoms with van der Waals surface area (Å²) in [6.45, 7) is 8.06. The van der Waals surface area contributed by atoms with Crippen molar-refractivity contribution in [3.05, 3.63) is 58.7 Å². The molecule has 0 aliphatic rings. The Morgan fingerprint density at radius 2 is 1.50 bits per heavy atom. The van der Waals surface area contributed by atoms with E-state index in [2.05, 4.69) is 27.6 Å². The predicted molar refractivity (Wildman–Crippen MR) is 104 cm³/mol. The normalized spacial score (nSPS) is 10.8. The summed E-state index contributed by atoms with van der Waals surface area (Å²) >= 11 is 1.23. The minimum absolute atomic E-state index is 0.105. The number of rotatable bonds is 5. The molecule has 0 saturated heterocycles. The van der Waals surface area contributed by atoms with E-state index in [4.69, 9.17) is 4.42 Å². The highest BCUT2D eigenvalue weighted by Crippen LogP contribution is 2.25. The number of carbonyl (C=O) groups excluding carboxylic acids is 1. The molecule has 134 valence electrons. The summed E-state index contributed by atoms with van der Waals surface area (Å²) in [5.74, 6) is 0.571. The van der Waals surface area contributed by atoms with Gasteiger partial charge in [-0.1, -0.05) is 35.0 Å². The average Bonchev–Trinajstić information content (AvgIpc) is 3.00. The lowest BCUT2D eigenvalue weighted by atomic mass is 10.1. The van der Waals surface area contributed by atoms with E-state index in [0.717, 1.165) is 33.5 Å². The summed E-state index contributed by atoms with van der Waals surface area (Å²) in [5.41, 5.74) is 6.20. The van der Waals surface area contributed by atoms with Gasteiger partial charge in [0.25, 0.3) is 5.22 Å². The minimum atomic E-state index is -0.105. The number of benzene rings is 2. The zero-order chi connectivity index (χ0) is 18.7. The molecule has 1 amide bonds. The molecule has 1 heterocycles. The molecule has 3 aromatic rings. The van der Waals surface area contributed by atoms with E-state index in [1.807, 2.05) is 52.0 Å². The van der Waals surface area contributed by atoms with Crippen LogP contribution in [0.2, 0.25) is 0 Å². The van der Waals surface area contributed by atoms with E-state index in [-0.39, 0.29) is 11.7 Å². The van der Waals surface area contributed by atoms with Gasteiger partial charge in [-0.2, -0.15) is 0 Å². The lowest BCUT2D eigenvalue weighted by Gasteiger charge is -2.06. The first kappa shape index (κ1) is 18.2. The lowest BCUT2D eigenvalue weighted by molar-refractivity contribution is -0.113. The SMILES string of the molecule is Cc1cc(C)cc(NC(=O)CSc2nnc(-c3cc(C)cc(C)c3)o2)c1. The maximum absolute atomic E-state index is 12.2. The first-order chi connectivity index (χ1) is 12.4. The summed E-state index contributed by atoms with van der Waals surface area (Å²) < 4.78 is 5.68. The largest absolute Gasteiger partial charge is 0.411 e. The van der Waals surface area contributed by atoms with Gasteiger partial charge >= 0.3 is 0 Å². The Labute approximate surface area is 157 Å². The molecule has 0 bridgehead atoms. The van der Waals surface area contributed by atoms with Crippen molar-refractivity contribution < 1.29 is 9.21 Å². The first-order valence-corrected chi connectivity index (χ1v) is 9.31. The standard InChI is InChI=1S/C20H21N3O2S/c1-12-5-13(2)8-16(7-12)19-22-23-20(25-19)26-11-18(24)21-17-9-14(3)6-15(4)10-17/h5-10H,11H2,1-4H3,(H,21,24). The monoisotopic (exact) mass is 367 g/mol. The van der Waals surface area contributed by atoms with Crippen molar-refractivity contribution in [3.63, 3.8) is 0 Å². The van der Waals surface area contributed by atoms with Gasteiger partial charge in [-0.15, -0.1) is 10.2 Å². The molecule has 0 unspecified atom stereocenters. The second-order valence-electron chi connectivity index (χ2n) is 6.46. The van der Waals surface area contributed by atoms with Crippen molar-refractivity contribution >= 4 is 23.4 Å². The molecule has 3 rings (SSSR count). The topological polar surface area (TPSA) is 68.0 Å². The Balaban J connectivity index is 1.61. The highest BCUT2D eigenvalue weighted by atomic mass is 32.2. The van der Waals surface area contributed by atoms with Crippen LogP contribution in [0, 0.1) is 27.7 Å². The average molecular weight is 367 g/mol. The highest BCUT2D eigenvalue weighted by molar-refractivity contribution is 7.99. The summed E-state index contributed by atoms with van der Waals surface area (Å²) in [7, 11) is 0. The van der Waals surface area contributed by atoms with Gasteiger partial charge in [0.2, 0.25) is 11.8 Å². The molecule has 6 heteroatoms. The molecule has 1 N–H and O–H groups in total. The first-order valence-electron chi connectivity index (χ1n) is 8.32. The molecule has 0 spiro atoms. The number of hydrogen-bond acceptors (Lipinski definition) is 5. The number of anilines is 1. The van der Waals surface area contributed by atoms with Crippen LogP contribution in [0.1, 0.15) is 22.3 Å². The molecule has 26 heavy (non-hydrogen) atoms. The van der Waals surface area contributed by atoms with Gasteiger partial charge in [0.15, 0.2) is 0 Å². The zero-order valence-corrected chi connectivity index (χ0v) is 16.1. The van der Waals surface area contributed by atoms with Gasteiger partial charge in [-0.3, -0.25) is 4.79 Å². The molecule has 0 atom stereocenters. The van der Waals surface area contributed by atoms with E-state index in [9.17, 15) is 4.79 Å². The van der Waals surface area contributed by atoms with E-state index in [1.54, 1.807) is 0 Å². The van der Waals surface area contributed by atoms with E-state index < -0.39 is 0 Å². The summed E-state index contributed by atoms with van der Waals surface area (Å²) in [4.78, 5) is 12.2. The Morgan fingerprint density at radius 3 is 2.12 bits per heavy atom. The number of amides is 1. The maximum atomic E-state index is 12.2. The number of nitrogens with zero attached hydrogens (tertiary/aromatic N) is 2. The second-order valence-corrected chi connectivity index (χ2v) is 7.39. The quantitative estimate of drug-likeness (QED) is 0.662. The molecule has 0 aliphatic heterocycles. The van der Waals surface area contributed by atoms with Crippen LogP contribution in [-0.2, 0) is 4.79 Å². The fourth-order valence-corrected chi connectivity index (χ4v) is 3.42. The van der Waals surface area contributed by atoms with Crippen molar-refractivity contribution in [3.8, 4) is 11.5 Å². The van der Waals surface area contributed by atoms with Crippen LogP contribution in [0.15, 0.2) is 46.0 Å². The second kappa shape index (κ2) is 7.74. The molecule has 0 fully saturated rings. The number of aromatic nitrogens is 2. The molecule has 0 aliphatic carbocycles. The molecular formula is C20H21N3O2S. The molecule has 0 radical (unpaired) electrons. The number of carbonyl (C=O) groups is 1. The van der Waals surface area contributed by atoms with Crippen LogP contribution in [0.25, 0.3) is 11.5 Å². The third-order valence-electron chi connectivity index (χ3n) is 3.71. The summed E-state index contributed by atoms with van der Waals surface area (Å²) in [6, 6.07) is 12.1. The van der Waals surface area contributed by atoms with Crippen molar-refractivity contribution in [2.45, 2.75) is 32.9 Å². The predicted octanol–water partition coefficient (Wildman–Crippen LogP) is 4.70. The van der Waals surface area contributed by atoms with Crippen LogP contribution in [0.3, 0.4) is 0 Å². The third-order valence-corrected chi connectivity index (χ3v) is 4.53. The molecule has 1 aromatic heterocycles. The highest BCUT2D eigenvalue weighted by Gasteiger charge is 2.12. The van der Waals surface area contributed by atoms with Crippen LogP contribution in [-0.4, -0.2) is 21.9 Å². The Bertz CT molecular complexity index is 909. The Kier molecular flexibility index (Phi) is 5.42. The molecule has 5 nitrogen and oxygen atoms in total. The smallest absolute Gasteiger partial charge is 0.277 e. The van der Waals surface area contributed by atoms with Crippen LogP contribution in [0.5, 0.6) is 0 Å². The van der Waals surface area contributed by atoms with E-state index in [1.165, 1.54) is 11.8 Å². The van der Waals surface area contributed by atoms with Crippen molar-refractivity contribution in [1.29, 1.82) is 0 Å². The van der Waals surface area contributed by atoms with Gasteiger partial charge in [-0.05, 0) is 63.1 Å². The maximum Gasteiger partial charge on any atom is 0.277 e. The zero-order valence-electron chi connectivity index (χ0n) is 15.3. The number of nitrogens with one attached hydrogen (secondary N) is 1. The van der Waals surface area contributed by atoms with Gasteiger partial charge in [0.1, 0.15) is 0 Å². The van der Waals surface area contributed by atoms with Gasteiger partial charge in [-0.25, -0.2) is 0 Å². The van der Waals surface area contributed by atoms with E-state index >= 15 is 0 Å². The van der Waals surface area contributed by atoms with E-state index in [0.29, 0.717) is 11.1 Å². The van der Waals surface area contributed by atoms with Crippen molar-refractivity contribution in [2.75, 3.05) is 11.1 Å². The molecule has 0 saturated carbocycles. The molecule has 2 aromatic carbocycles. The summed E-state index contributed by atoms with van der Waals surface area (Å²) in [5, 5.41) is 11.4. The number of aryl methyl sites for hydroxylation is 4. The van der Waals surface area contributed by atoms with Gasteiger partial charge in [0.05, 0.1) is 5.75 Å². The minimum Gasteiger partial charge on any atom is -0.411 e. The third kappa shape index (κ3) is 4.73. The Hall–Kier alpha value is -2.60. The number of thioether (sulfide) groups is 1. The number of hydrogen-bond donors (Lipinski definition) is 1. The fraction of sp³-hybridized carbons (Fsp3) is 0.250. The molecular weight excluding hydrogens is 346 g/mol. The lowest BCUT2D eigenvalue weighted by Crippen LogP contribution is -2.14. The van der Waals surface area contributed by atoms with Crippen LogP contribution < -0.4 is 5.32 Å². The van der Waals surface area contributed by atoms with Gasteiger partial charge in [0, 0.05) is 11.3 Å². The van der Waals surface area contributed by atoms with Crippen LogP contribution in [0.4, 0.5) is 5.69 Å². The van der Waals surface area contributed by atoms with Gasteiger partial charge < -0.3 is 9.73 Å². The fourth-order valence-electron chi connectivity index (χ4n) is 2.85. The van der Waals surface area contributed by atoms with Crippen molar-refractivity contribution in [1.82, 2.24) is 10.2 Å². The summed E-state index contributed by atoms with van der Waals surface area (Å²) in [6.07, 6.45) is 0.